The average molecular weight is 349 g/mol. The Labute approximate surface area is 128 Å². The third-order valence-corrected chi connectivity index (χ3v) is 4.15. The maximum Gasteiger partial charge on any atom is 0.166 e. The van der Waals surface area contributed by atoms with Gasteiger partial charge in [-0.3, -0.25) is 4.68 Å². The fourth-order valence-electron chi connectivity index (χ4n) is 1.65. The number of nitrogens with zero attached hydrogens (tertiary/aromatic N) is 2. The molecule has 0 radical (unpaired) electrons. The van der Waals surface area contributed by atoms with Gasteiger partial charge in [0.25, 0.3) is 0 Å². The third-order valence-electron chi connectivity index (χ3n) is 2.72. The normalized spacial score (nSPS) is 10.5. The van der Waals surface area contributed by atoms with Crippen LogP contribution in [0, 0.1) is 13.8 Å². The van der Waals surface area contributed by atoms with Crippen LogP contribution in [0.1, 0.15) is 17.8 Å². The van der Waals surface area contributed by atoms with Gasteiger partial charge in [0, 0.05) is 32.4 Å². The molecule has 0 amide bonds. The standard InChI is InChI=1S/C12H21BrN4OS/c1-9-11(13)10(2)17(16-9)7-4-5-14-12(19)15-6-8-18-3/h4-8H2,1-3H3,(H2,14,15,19). The molecular formula is C12H21BrN4OS. The zero-order valence-corrected chi connectivity index (χ0v) is 14.0. The molecule has 1 rings (SSSR count). The van der Waals surface area contributed by atoms with Crippen LogP contribution in [0.15, 0.2) is 4.47 Å². The highest BCUT2D eigenvalue weighted by Crippen LogP contribution is 2.19. The molecule has 0 aromatic carbocycles. The summed E-state index contributed by atoms with van der Waals surface area (Å²) in [5.41, 5.74) is 2.19. The third kappa shape index (κ3) is 5.46. The summed E-state index contributed by atoms with van der Waals surface area (Å²) in [5, 5.41) is 11.4. The van der Waals surface area contributed by atoms with Gasteiger partial charge < -0.3 is 15.4 Å². The van der Waals surface area contributed by atoms with Crippen molar-refractivity contribution in [1.82, 2.24) is 20.4 Å². The molecule has 0 saturated heterocycles. The summed E-state index contributed by atoms with van der Waals surface area (Å²) in [4.78, 5) is 0. The van der Waals surface area contributed by atoms with Crippen molar-refractivity contribution in [2.75, 3.05) is 26.8 Å². The van der Waals surface area contributed by atoms with Crippen LogP contribution in [0.4, 0.5) is 0 Å². The first-order valence-electron chi connectivity index (χ1n) is 6.26. The van der Waals surface area contributed by atoms with Gasteiger partial charge in [-0.15, -0.1) is 0 Å². The van der Waals surface area contributed by atoms with Crippen molar-refractivity contribution in [2.24, 2.45) is 0 Å². The molecule has 5 nitrogen and oxygen atoms in total. The summed E-state index contributed by atoms with van der Waals surface area (Å²) in [5.74, 6) is 0. The molecule has 0 spiro atoms. The molecule has 19 heavy (non-hydrogen) atoms. The van der Waals surface area contributed by atoms with Gasteiger partial charge in [0.05, 0.1) is 16.8 Å². The van der Waals surface area contributed by atoms with Gasteiger partial charge >= 0.3 is 0 Å². The molecule has 1 aromatic rings. The number of hydrogen-bond donors (Lipinski definition) is 2. The lowest BCUT2D eigenvalue weighted by atomic mass is 10.4. The highest BCUT2D eigenvalue weighted by molar-refractivity contribution is 9.10. The van der Waals surface area contributed by atoms with Crippen LogP contribution < -0.4 is 10.6 Å². The minimum absolute atomic E-state index is 0.654. The van der Waals surface area contributed by atoms with E-state index in [1.807, 2.05) is 11.6 Å². The molecule has 7 heteroatoms. The molecule has 1 heterocycles. The molecule has 0 atom stereocenters. The van der Waals surface area contributed by atoms with E-state index < -0.39 is 0 Å². The van der Waals surface area contributed by atoms with Crippen LogP contribution in [0.5, 0.6) is 0 Å². The second kappa shape index (κ2) is 8.50. The summed E-state index contributed by atoms with van der Waals surface area (Å²) in [7, 11) is 1.67. The maximum absolute atomic E-state index is 5.14. The van der Waals surface area contributed by atoms with Gasteiger partial charge in [-0.25, -0.2) is 0 Å². The number of thiocarbonyl (C=S) groups is 1. The fraction of sp³-hybridized carbons (Fsp3) is 0.667. The predicted molar refractivity (Wildman–Crippen MR) is 84.5 cm³/mol. The number of hydrogen-bond acceptors (Lipinski definition) is 3. The first-order chi connectivity index (χ1) is 9.06. The Bertz CT molecular complexity index is 422. The molecule has 0 saturated carbocycles. The zero-order valence-electron chi connectivity index (χ0n) is 11.6. The number of ether oxygens (including phenoxy) is 1. The van der Waals surface area contributed by atoms with Crippen LogP contribution in [0.25, 0.3) is 0 Å². The molecule has 108 valence electrons. The van der Waals surface area contributed by atoms with E-state index >= 15 is 0 Å². The van der Waals surface area contributed by atoms with Gasteiger partial charge in [-0.2, -0.15) is 5.10 Å². The Kier molecular flexibility index (Phi) is 7.33. The molecule has 0 unspecified atom stereocenters. The Morgan fingerprint density at radius 3 is 2.63 bits per heavy atom. The van der Waals surface area contributed by atoms with Crippen LogP contribution >= 0.6 is 28.1 Å². The lowest BCUT2D eigenvalue weighted by molar-refractivity contribution is 0.204. The van der Waals surface area contributed by atoms with E-state index in [-0.39, 0.29) is 0 Å². The van der Waals surface area contributed by atoms with Crippen LogP contribution in [-0.2, 0) is 11.3 Å². The van der Waals surface area contributed by atoms with Crippen molar-refractivity contribution in [1.29, 1.82) is 0 Å². The molecule has 0 bridgehead atoms. The highest BCUT2D eigenvalue weighted by Gasteiger charge is 2.07. The number of aromatic nitrogens is 2. The zero-order chi connectivity index (χ0) is 14.3. The van der Waals surface area contributed by atoms with E-state index in [1.54, 1.807) is 7.11 Å². The number of nitrogens with one attached hydrogen (secondary N) is 2. The summed E-state index contributed by atoms with van der Waals surface area (Å²) < 4.78 is 8.05. The number of halogens is 1. The summed E-state index contributed by atoms with van der Waals surface area (Å²) in [6.45, 7) is 7.16. The van der Waals surface area contributed by atoms with Gasteiger partial charge in [0.1, 0.15) is 0 Å². The second-order valence-corrected chi connectivity index (χ2v) is 5.44. The maximum atomic E-state index is 5.14. The van der Waals surface area contributed by atoms with E-state index in [9.17, 15) is 0 Å². The van der Waals surface area contributed by atoms with E-state index in [4.69, 9.17) is 17.0 Å². The molecular weight excluding hydrogens is 328 g/mol. The van der Waals surface area contributed by atoms with Crippen LogP contribution in [0.2, 0.25) is 0 Å². The van der Waals surface area contributed by atoms with Crippen molar-refractivity contribution >= 4 is 33.3 Å². The van der Waals surface area contributed by atoms with E-state index in [0.29, 0.717) is 11.7 Å². The van der Waals surface area contributed by atoms with Crippen molar-refractivity contribution in [3.05, 3.63) is 15.9 Å². The minimum Gasteiger partial charge on any atom is -0.383 e. The lowest BCUT2D eigenvalue weighted by Crippen LogP contribution is -2.37. The van der Waals surface area contributed by atoms with Gasteiger partial charge in [0.15, 0.2) is 5.11 Å². The van der Waals surface area contributed by atoms with E-state index in [0.717, 1.165) is 36.2 Å². The Morgan fingerprint density at radius 1 is 1.37 bits per heavy atom. The van der Waals surface area contributed by atoms with Crippen molar-refractivity contribution in [2.45, 2.75) is 26.8 Å². The molecule has 0 aliphatic carbocycles. The predicted octanol–water partition coefficient (Wildman–Crippen LogP) is 1.76. The van der Waals surface area contributed by atoms with Crippen molar-refractivity contribution in [3.8, 4) is 0 Å². The lowest BCUT2D eigenvalue weighted by Gasteiger charge is -2.10. The quantitative estimate of drug-likeness (QED) is 0.580. The summed E-state index contributed by atoms with van der Waals surface area (Å²) >= 11 is 8.67. The molecule has 0 aliphatic rings. The fourth-order valence-corrected chi connectivity index (χ4v) is 2.14. The van der Waals surface area contributed by atoms with Crippen molar-refractivity contribution in [3.63, 3.8) is 0 Å². The molecule has 0 aliphatic heterocycles. The Morgan fingerprint density at radius 2 is 2.05 bits per heavy atom. The number of rotatable bonds is 7. The first kappa shape index (κ1) is 16.4. The highest BCUT2D eigenvalue weighted by atomic mass is 79.9. The van der Waals surface area contributed by atoms with Gasteiger partial charge in [-0.05, 0) is 48.4 Å². The largest absolute Gasteiger partial charge is 0.383 e. The monoisotopic (exact) mass is 348 g/mol. The number of methoxy groups -OCH3 is 1. The van der Waals surface area contributed by atoms with E-state index in [2.05, 4.69) is 38.6 Å². The van der Waals surface area contributed by atoms with E-state index in [1.165, 1.54) is 5.69 Å². The Balaban J connectivity index is 2.20. The van der Waals surface area contributed by atoms with Crippen molar-refractivity contribution < 1.29 is 4.74 Å². The smallest absolute Gasteiger partial charge is 0.166 e. The van der Waals surface area contributed by atoms with Gasteiger partial charge in [-0.1, -0.05) is 0 Å². The van der Waals surface area contributed by atoms with Crippen LogP contribution in [-0.4, -0.2) is 41.7 Å². The summed E-state index contributed by atoms with van der Waals surface area (Å²) in [6, 6.07) is 0. The minimum atomic E-state index is 0.654. The molecule has 1 aromatic heterocycles. The topological polar surface area (TPSA) is 51.1 Å². The molecule has 2 N–H and O–H groups in total. The SMILES string of the molecule is COCCNC(=S)NCCCn1nc(C)c(Br)c1C. The van der Waals surface area contributed by atoms with Crippen LogP contribution in [0.3, 0.4) is 0 Å². The Hall–Kier alpha value is -0.660. The molecule has 0 fully saturated rings. The first-order valence-corrected chi connectivity index (χ1v) is 7.46. The van der Waals surface area contributed by atoms with Gasteiger partial charge in [0.2, 0.25) is 0 Å². The average Bonchev–Trinajstić information content (AvgIpc) is 2.63. The second-order valence-electron chi connectivity index (χ2n) is 4.24. The number of aryl methyl sites for hydroxylation is 2. The summed E-state index contributed by atoms with van der Waals surface area (Å²) in [6.07, 6.45) is 0.973.